The molecule has 1 amide bonds. The van der Waals surface area contributed by atoms with Crippen molar-refractivity contribution in [3.63, 3.8) is 0 Å². The largest absolute Gasteiger partial charge is 0.449 e. The summed E-state index contributed by atoms with van der Waals surface area (Å²) >= 11 is 6.00. The van der Waals surface area contributed by atoms with Gasteiger partial charge in [-0.3, -0.25) is 4.79 Å². The molecule has 0 radical (unpaired) electrons. The first-order valence-electron chi connectivity index (χ1n) is 7.15. The summed E-state index contributed by atoms with van der Waals surface area (Å²) in [5.74, 6) is -1.84. The van der Waals surface area contributed by atoms with Crippen LogP contribution in [0.25, 0.3) is 0 Å². The van der Waals surface area contributed by atoms with Crippen LogP contribution in [0.2, 0.25) is 5.02 Å². The Bertz CT molecular complexity index is 767. The number of nitrogens with two attached hydrogens (primary N) is 1. The summed E-state index contributed by atoms with van der Waals surface area (Å²) in [7, 11) is 0. The maximum atomic E-state index is 13.0. The normalized spacial score (nSPS) is 11.6. The van der Waals surface area contributed by atoms with E-state index in [0.29, 0.717) is 5.02 Å². The molecule has 0 bridgehead atoms. The molecular weight excluding hydrogens is 335 g/mol. The van der Waals surface area contributed by atoms with E-state index in [4.69, 9.17) is 22.1 Å². The number of ether oxygens (including phenoxy) is 1. The predicted molar refractivity (Wildman–Crippen MR) is 89.0 cm³/mol. The molecule has 0 spiro atoms. The molecule has 7 heteroatoms. The molecule has 2 aromatic rings. The van der Waals surface area contributed by atoms with Gasteiger partial charge in [0.25, 0.3) is 5.91 Å². The van der Waals surface area contributed by atoms with Crippen LogP contribution >= 0.6 is 11.6 Å². The Labute approximate surface area is 143 Å². The molecule has 0 fully saturated rings. The van der Waals surface area contributed by atoms with Gasteiger partial charge in [0.05, 0.1) is 5.56 Å². The van der Waals surface area contributed by atoms with Crippen molar-refractivity contribution < 1.29 is 18.7 Å². The van der Waals surface area contributed by atoms with Crippen LogP contribution in [0.4, 0.5) is 10.1 Å². The number of hydrogen-bond donors (Lipinski definition) is 2. The standard InChI is InChI=1S/C17H16ClFN2O3/c1-10(16(22)21-9-11-4-2-3-5-14(11)18)24-17(23)13-7-6-12(19)8-15(13)20/h2-8,10H,9,20H2,1H3,(H,21,22)/t10-/m0/s1. The van der Waals surface area contributed by atoms with E-state index in [1.54, 1.807) is 24.3 Å². The number of rotatable bonds is 5. The Morgan fingerprint density at radius 2 is 2.00 bits per heavy atom. The lowest BCUT2D eigenvalue weighted by Gasteiger charge is -2.14. The van der Waals surface area contributed by atoms with Crippen LogP contribution in [0.5, 0.6) is 0 Å². The van der Waals surface area contributed by atoms with Crippen LogP contribution in [0.3, 0.4) is 0 Å². The molecule has 0 aliphatic heterocycles. The summed E-state index contributed by atoms with van der Waals surface area (Å²) < 4.78 is 18.0. The van der Waals surface area contributed by atoms with Crippen molar-refractivity contribution in [3.8, 4) is 0 Å². The fourth-order valence-corrected chi connectivity index (χ4v) is 2.17. The van der Waals surface area contributed by atoms with Gasteiger partial charge in [-0.2, -0.15) is 0 Å². The molecule has 126 valence electrons. The van der Waals surface area contributed by atoms with E-state index in [1.165, 1.54) is 13.0 Å². The van der Waals surface area contributed by atoms with Crippen molar-refractivity contribution in [1.29, 1.82) is 0 Å². The number of benzene rings is 2. The SMILES string of the molecule is C[C@H](OC(=O)c1ccc(F)cc1N)C(=O)NCc1ccccc1Cl. The second-order valence-corrected chi connectivity index (χ2v) is 5.50. The third-order valence-corrected chi connectivity index (χ3v) is 3.67. The van der Waals surface area contributed by atoms with Crippen molar-refractivity contribution in [2.45, 2.75) is 19.6 Å². The average Bonchev–Trinajstić information content (AvgIpc) is 2.53. The smallest absolute Gasteiger partial charge is 0.341 e. The van der Waals surface area contributed by atoms with Gasteiger partial charge in [-0.1, -0.05) is 29.8 Å². The van der Waals surface area contributed by atoms with E-state index in [0.717, 1.165) is 17.7 Å². The van der Waals surface area contributed by atoms with Crippen LogP contribution in [0.15, 0.2) is 42.5 Å². The van der Waals surface area contributed by atoms with Gasteiger partial charge in [0.1, 0.15) is 5.82 Å². The zero-order chi connectivity index (χ0) is 17.7. The van der Waals surface area contributed by atoms with E-state index in [1.807, 2.05) is 0 Å². The van der Waals surface area contributed by atoms with Gasteiger partial charge in [-0.25, -0.2) is 9.18 Å². The van der Waals surface area contributed by atoms with Crippen LogP contribution in [0, 0.1) is 5.82 Å². The molecule has 3 N–H and O–H groups in total. The number of amides is 1. The highest BCUT2D eigenvalue weighted by atomic mass is 35.5. The zero-order valence-electron chi connectivity index (χ0n) is 12.9. The van der Waals surface area contributed by atoms with Gasteiger partial charge in [0.15, 0.2) is 6.10 Å². The Morgan fingerprint density at radius 1 is 1.29 bits per heavy atom. The number of hydrogen-bond acceptors (Lipinski definition) is 4. The minimum atomic E-state index is -1.04. The van der Waals surface area contributed by atoms with Crippen LogP contribution in [-0.2, 0) is 16.1 Å². The number of nitrogen functional groups attached to an aromatic ring is 1. The lowest BCUT2D eigenvalue weighted by Crippen LogP contribution is -2.35. The first-order valence-corrected chi connectivity index (χ1v) is 7.53. The van der Waals surface area contributed by atoms with Crippen LogP contribution in [-0.4, -0.2) is 18.0 Å². The molecule has 0 saturated carbocycles. The lowest BCUT2D eigenvalue weighted by atomic mass is 10.2. The summed E-state index contributed by atoms with van der Waals surface area (Å²) in [6.45, 7) is 1.64. The van der Waals surface area contributed by atoms with E-state index in [-0.39, 0.29) is 17.8 Å². The van der Waals surface area contributed by atoms with Gasteiger partial charge in [-0.05, 0) is 36.8 Å². The van der Waals surface area contributed by atoms with Crippen molar-refractivity contribution in [3.05, 3.63) is 64.4 Å². The topological polar surface area (TPSA) is 81.4 Å². The number of halogens is 2. The minimum absolute atomic E-state index is 0.00199. The summed E-state index contributed by atoms with van der Waals surface area (Å²) in [6, 6.07) is 10.4. The molecule has 0 aliphatic rings. The Kier molecular flexibility index (Phi) is 5.76. The van der Waals surface area contributed by atoms with Gasteiger partial charge in [0.2, 0.25) is 0 Å². The van der Waals surface area contributed by atoms with Gasteiger partial charge >= 0.3 is 5.97 Å². The highest BCUT2D eigenvalue weighted by Crippen LogP contribution is 2.16. The zero-order valence-corrected chi connectivity index (χ0v) is 13.6. The third-order valence-electron chi connectivity index (χ3n) is 3.30. The Morgan fingerprint density at radius 3 is 2.67 bits per heavy atom. The molecule has 0 aliphatic carbocycles. The average molecular weight is 351 g/mol. The fraction of sp³-hybridized carbons (Fsp3) is 0.176. The van der Waals surface area contributed by atoms with Crippen molar-refractivity contribution in [2.75, 3.05) is 5.73 Å². The fourth-order valence-electron chi connectivity index (χ4n) is 1.96. The number of carbonyl (C=O) groups is 2. The minimum Gasteiger partial charge on any atom is -0.449 e. The summed E-state index contributed by atoms with van der Waals surface area (Å²) in [4.78, 5) is 24.0. The maximum Gasteiger partial charge on any atom is 0.341 e. The number of anilines is 1. The molecule has 0 saturated heterocycles. The van der Waals surface area contributed by atoms with Crippen molar-refractivity contribution >= 4 is 29.2 Å². The van der Waals surface area contributed by atoms with Crippen LogP contribution < -0.4 is 11.1 Å². The van der Waals surface area contributed by atoms with E-state index in [2.05, 4.69) is 5.32 Å². The number of carbonyl (C=O) groups excluding carboxylic acids is 2. The summed E-state index contributed by atoms with van der Waals surface area (Å²) in [5.41, 5.74) is 6.26. The first kappa shape index (κ1) is 17.7. The van der Waals surface area contributed by atoms with Crippen molar-refractivity contribution in [2.24, 2.45) is 0 Å². The van der Waals surface area contributed by atoms with Gasteiger partial charge in [-0.15, -0.1) is 0 Å². The monoisotopic (exact) mass is 350 g/mol. The summed E-state index contributed by atoms with van der Waals surface area (Å²) in [6.07, 6.45) is -1.04. The second-order valence-electron chi connectivity index (χ2n) is 5.09. The van der Waals surface area contributed by atoms with E-state index in [9.17, 15) is 14.0 Å². The number of nitrogens with one attached hydrogen (secondary N) is 1. The molecule has 0 aromatic heterocycles. The molecule has 24 heavy (non-hydrogen) atoms. The highest BCUT2D eigenvalue weighted by molar-refractivity contribution is 6.31. The van der Waals surface area contributed by atoms with Gasteiger partial charge in [0, 0.05) is 17.3 Å². The molecule has 2 aromatic carbocycles. The molecule has 0 unspecified atom stereocenters. The predicted octanol–water partition coefficient (Wildman–Crippen LogP) is 2.92. The van der Waals surface area contributed by atoms with Crippen molar-refractivity contribution in [1.82, 2.24) is 5.32 Å². The van der Waals surface area contributed by atoms with E-state index >= 15 is 0 Å². The molecule has 0 heterocycles. The Balaban J connectivity index is 1.93. The van der Waals surface area contributed by atoms with E-state index < -0.39 is 23.8 Å². The molecule has 2 rings (SSSR count). The first-order chi connectivity index (χ1) is 11.4. The molecule has 1 atom stereocenters. The quantitative estimate of drug-likeness (QED) is 0.641. The third kappa shape index (κ3) is 4.45. The lowest BCUT2D eigenvalue weighted by molar-refractivity contribution is -0.129. The van der Waals surface area contributed by atoms with Gasteiger partial charge < -0.3 is 15.8 Å². The maximum absolute atomic E-state index is 13.0. The molecular formula is C17H16ClFN2O3. The molecule has 5 nitrogen and oxygen atoms in total. The highest BCUT2D eigenvalue weighted by Gasteiger charge is 2.20. The van der Waals surface area contributed by atoms with Crippen LogP contribution in [0.1, 0.15) is 22.8 Å². The second kappa shape index (κ2) is 7.79. The number of esters is 1. The Hall–Kier alpha value is -2.60. The summed E-state index contributed by atoms with van der Waals surface area (Å²) in [5, 5.41) is 3.16.